The third-order valence-corrected chi connectivity index (χ3v) is 8.40. The number of halogens is 1. The van der Waals surface area contributed by atoms with Crippen molar-refractivity contribution in [3.05, 3.63) is 29.8 Å². The number of hydrogen-bond donors (Lipinski definition) is 0. The predicted molar refractivity (Wildman–Crippen MR) is 115 cm³/mol. The van der Waals surface area contributed by atoms with Crippen molar-refractivity contribution in [1.82, 2.24) is 14.3 Å². The van der Waals surface area contributed by atoms with Crippen LogP contribution < -0.4 is 9.64 Å². The van der Waals surface area contributed by atoms with Crippen LogP contribution >= 0.6 is 11.5 Å². The molecule has 3 heterocycles. The van der Waals surface area contributed by atoms with E-state index >= 15 is 0 Å². The van der Waals surface area contributed by atoms with Gasteiger partial charge in [0.15, 0.2) is 27.5 Å². The number of benzene rings is 1. The predicted octanol–water partition coefficient (Wildman–Crippen LogP) is 2.43. The number of carbonyl (C=O) groups is 1. The van der Waals surface area contributed by atoms with Crippen molar-refractivity contribution < 1.29 is 22.3 Å². The second-order valence-corrected chi connectivity index (χ2v) is 10.8. The van der Waals surface area contributed by atoms with E-state index in [1.54, 1.807) is 0 Å². The fourth-order valence-corrected chi connectivity index (χ4v) is 5.64. The van der Waals surface area contributed by atoms with Gasteiger partial charge in [-0.25, -0.2) is 17.8 Å². The van der Waals surface area contributed by atoms with Crippen LogP contribution in [0, 0.1) is 12.7 Å². The van der Waals surface area contributed by atoms with Crippen molar-refractivity contribution in [2.45, 2.75) is 50.2 Å². The van der Waals surface area contributed by atoms with Gasteiger partial charge in [0.25, 0.3) is 5.91 Å². The topological polar surface area (TPSA) is 92.7 Å². The van der Waals surface area contributed by atoms with Crippen LogP contribution in [-0.2, 0) is 14.6 Å². The fourth-order valence-electron chi connectivity index (χ4n) is 4.02. The molecular weight excluding hydrogens is 443 g/mol. The zero-order valence-electron chi connectivity index (χ0n) is 17.5. The summed E-state index contributed by atoms with van der Waals surface area (Å²) in [6, 6.07) is 3.68. The molecule has 4 rings (SSSR count). The number of aryl methyl sites for hydroxylation is 1. The van der Waals surface area contributed by atoms with Crippen LogP contribution in [0.2, 0.25) is 0 Å². The summed E-state index contributed by atoms with van der Waals surface area (Å²) in [5.74, 6) is -0.363. The lowest BCUT2D eigenvalue weighted by Crippen LogP contribution is -2.47. The molecule has 1 atom stereocenters. The van der Waals surface area contributed by atoms with E-state index in [2.05, 4.69) is 14.3 Å². The van der Waals surface area contributed by atoms with E-state index in [0.29, 0.717) is 13.0 Å². The minimum atomic E-state index is -3.50. The number of hydrogen-bond acceptors (Lipinski definition) is 8. The molecule has 2 aliphatic rings. The molecule has 0 radical (unpaired) electrons. The van der Waals surface area contributed by atoms with Crippen LogP contribution in [0.4, 0.5) is 9.52 Å². The van der Waals surface area contributed by atoms with Gasteiger partial charge in [-0.1, -0.05) is 6.92 Å². The zero-order chi connectivity index (χ0) is 22.2. The Morgan fingerprint density at radius 2 is 1.97 bits per heavy atom. The summed E-state index contributed by atoms with van der Waals surface area (Å²) in [6.45, 7) is 5.54. The number of aromatic nitrogens is 2. The average molecular weight is 469 g/mol. The van der Waals surface area contributed by atoms with Gasteiger partial charge in [0.2, 0.25) is 5.13 Å². The normalized spacial score (nSPS) is 20.5. The summed E-state index contributed by atoms with van der Waals surface area (Å²) in [6.07, 6.45) is 1.37. The minimum Gasteiger partial charge on any atom is -0.477 e. The molecule has 1 aromatic heterocycles. The number of piperidine rings is 1. The molecule has 2 aromatic rings. The third kappa shape index (κ3) is 4.52. The second-order valence-electron chi connectivity index (χ2n) is 7.76. The van der Waals surface area contributed by atoms with Crippen LogP contribution in [0.15, 0.2) is 23.1 Å². The zero-order valence-corrected chi connectivity index (χ0v) is 19.1. The maximum absolute atomic E-state index is 14.4. The number of rotatable bonds is 6. The Balaban J connectivity index is 1.36. The van der Waals surface area contributed by atoms with Gasteiger partial charge in [0.1, 0.15) is 5.82 Å². The number of anilines is 1. The van der Waals surface area contributed by atoms with Crippen molar-refractivity contribution in [1.29, 1.82) is 0 Å². The Morgan fingerprint density at radius 3 is 2.58 bits per heavy atom. The minimum absolute atomic E-state index is 0.0865. The Kier molecular flexibility index (Phi) is 6.16. The van der Waals surface area contributed by atoms with Gasteiger partial charge in [0.05, 0.1) is 10.6 Å². The molecule has 1 unspecified atom stereocenters. The monoisotopic (exact) mass is 468 g/mol. The third-order valence-electron chi connectivity index (χ3n) is 5.80. The molecule has 0 saturated carbocycles. The van der Waals surface area contributed by atoms with Crippen molar-refractivity contribution in [2.75, 3.05) is 30.3 Å². The van der Waals surface area contributed by atoms with Gasteiger partial charge in [-0.15, -0.1) is 0 Å². The van der Waals surface area contributed by atoms with Gasteiger partial charge in [-0.2, -0.15) is 4.37 Å². The summed E-state index contributed by atoms with van der Waals surface area (Å²) in [7, 11) is -3.50. The number of ether oxygens (including phenoxy) is 1. The summed E-state index contributed by atoms with van der Waals surface area (Å²) < 4.78 is 48.1. The first-order chi connectivity index (χ1) is 14.8. The number of sulfone groups is 1. The Hall–Kier alpha value is -2.27. The summed E-state index contributed by atoms with van der Waals surface area (Å²) in [5, 5.41) is 0.911. The van der Waals surface area contributed by atoms with E-state index in [1.165, 1.54) is 30.6 Å². The molecule has 1 aromatic carbocycles. The highest BCUT2D eigenvalue weighted by atomic mass is 32.2. The lowest BCUT2D eigenvalue weighted by atomic mass is 10.0. The quantitative estimate of drug-likeness (QED) is 0.643. The van der Waals surface area contributed by atoms with Crippen LogP contribution in [0.1, 0.15) is 32.0 Å². The number of likely N-dealkylation sites (tertiary alicyclic amines) is 1. The van der Waals surface area contributed by atoms with E-state index < -0.39 is 21.8 Å². The van der Waals surface area contributed by atoms with Gasteiger partial charge in [-0.3, -0.25) is 4.79 Å². The standard InChI is InChI=1S/C20H25FN4O4S2/c1-3-31(27,28)15-4-5-17(16(21)12-15)29-18-8-11-25(19(18)26)14-6-9-24(10-7-14)20-22-13(2)23-30-20/h4-5,12,14,18H,3,6-11H2,1-2H3. The Bertz CT molecular complexity index is 1070. The van der Waals surface area contributed by atoms with E-state index in [-0.39, 0.29) is 28.3 Å². The van der Waals surface area contributed by atoms with Crippen molar-refractivity contribution in [3.63, 3.8) is 0 Å². The molecule has 0 bridgehead atoms. The molecule has 11 heteroatoms. The smallest absolute Gasteiger partial charge is 0.263 e. The molecule has 1 amide bonds. The highest BCUT2D eigenvalue weighted by molar-refractivity contribution is 7.91. The summed E-state index contributed by atoms with van der Waals surface area (Å²) in [5.41, 5.74) is 0. The largest absolute Gasteiger partial charge is 0.477 e. The van der Waals surface area contributed by atoms with E-state index in [9.17, 15) is 17.6 Å². The Morgan fingerprint density at radius 1 is 1.23 bits per heavy atom. The first-order valence-electron chi connectivity index (χ1n) is 10.3. The molecule has 2 fully saturated rings. The van der Waals surface area contributed by atoms with Crippen molar-refractivity contribution in [3.8, 4) is 5.75 Å². The first-order valence-corrected chi connectivity index (χ1v) is 12.8. The second kappa shape index (κ2) is 8.70. The maximum Gasteiger partial charge on any atom is 0.263 e. The highest BCUT2D eigenvalue weighted by Crippen LogP contribution is 2.29. The number of amides is 1. The molecule has 0 aliphatic carbocycles. The van der Waals surface area contributed by atoms with Gasteiger partial charge >= 0.3 is 0 Å². The lowest BCUT2D eigenvalue weighted by molar-refractivity contribution is -0.135. The van der Waals surface area contributed by atoms with E-state index in [1.807, 2.05) is 11.8 Å². The van der Waals surface area contributed by atoms with Crippen LogP contribution in [-0.4, -0.2) is 66.1 Å². The highest BCUT2D eigenvalue weighted by Gasteiger charge is 2.39. The molecule has 8 nitrogen and oxygen atoms in total. The fraction of sp³-hybridized carbons (Fsp3) is 0.550. The molecule has 0 spiro atoms. The molecule has 168 valence electrons. The van der Waals surface area contributed by atoms with Crippen LogP contribution in [0.5, 0.6) is 5.75 Å². The van der Waals surface area contributed by atoms with Crippen LogP contribution in [0.3, 0.4) is 0 Å². The number of carbonyl (C=O) groups excluding carboxylic acids is 1. The first kappa shape index (κ1) is 21.9. The van der Waals surface area contributed by atoms with Gasteiger partial charge < -0.3 is 14.5 Å². The van der Waals surface area contributed by atoms with E-state index in [4.69, 9.17) is 4.74 Å². The number of nitrogens with zero attached hydrogens (tertiary/aromatic N) is 4. The van der Waals surface area contributed by atoms with Crippen LogP contribution in [0.25, 0.3) is 0 Å². The summed E-state index contributed by atoms with van der Waals surface area (Å²) >= 11 is 1.39. The lowest BCUT2D eigenvalue weighted by Gasteiger charge is -2.36. The van der Waals surface area contributed by atoms with Gasteiger partial charge in [-0.05, 0) is 38.0 Å². The van der Waals surface area contributed by atoms with Crippen molar-refractivity contribution >= 4 is 32.4 Å². The average Bonchev–Trinajstić information content (AvgIpc) is 3.35. The molecular formula is C20H25FN4O4S2. The van der Waals surface area contributed by atoms with Crippen molar-refractivity contribution in [2.24, 2.45) is 0 Å². The van der Waals surface area contributed by atoms with E-state index in [0.717, 1.165) is 43.0 Å². The Labute approximate surface area is 185 Å². The SMILES string of the molecule is CCS(=O)(=O)c1ccc(OC2CCN(C3CCN(c4nc(C)ns4)CC3)C2=O)c(F)c1. The van der Waals surface area contributed by atoms with Gasteiger partial charge in [0, 0.05) is 43.6 Å². The molecule has 2 aliphatic heterocycles. The maximum atomic E-state index is 14.4. The molecule has 0 N–H and O–H groups in total. The molecule has 2 saturated heterocycles. The summed E-state index contributed by atoms with van der Waals surface area (Å²) in [4.78, 5) is 21.3. The molecule has 31 heavy (non-hydrogen) atoms.